The Balaban J connectivity index is 2.03. The number of rotatable bonds is 2. The summed E-state index contributed by atoms with van der Waals surface area (Å²) in [6.07, 6.45) is 1.53. The molecule has 0 saturated carbocycles. The lowest BCUT2D eigenvalue weighted by Crippen LogP contribution is -2.44. The molecule has 0 radical (unpaired) electrons. The first-order valence-electron chi connectivity index (χ1n) is 7.63. The van der Waals surface area contributed by atoms with Gasteiger partial charge in [-0.2, -0.15) is 0 Å². The highest BCUT2D eigenvalue weighted by Crippen LogP contribution is 2.23. The summed E-state index contributed by atoms with van der Waals surface area (Å²) < 4.78 is 5.47. The van der Waals surface area contributed by atoms with E-state index in [-0.39, 0.29) is 12.1 Å². The first kappa shape index (κ1) is 16.7. The van der Waals surface area contributed by atoms with Gasteiger partial charge < -0.3 is 10.1 Å². The quantitative estimate of drug-likeness (QED) is 0.832. The fourth-order valence-corrected chi connectivity index (χ4v) is 2.89. The minimum Gasteiger partial charge on any atom is -0.444 e. The summed E-state index contributed by atoms with van der Waals surface area (Å²) in [4.78, 5) is 14.7. The van der Waals surface area contributed by atoms with E-state index >= 15 is 0 Å². The number of anilines is 1. The van der Waals surface area contributed by atoms with Crippen molar-refractivity contribution in [2.24, 2.45) is 0 Å². The molecule has 1 saturated heterocycles. The number of carbonyl (C=O) groups excluding carboxylic acids is 1. The summed E-state index contributed by atoms with van der Waals surface area (Å²) in [7, 11) is 0. The van der Waals surface area contributed by atoms with Crippen LogP contribution in [0, 0.1) is 6.92 Å². The van der Waals surface area contributed by atoms with Gasteiger partial charge in [0.1, 0.15) is 10.6 Å². The number of nitrogens with zero attached hydrogens (tertiary/aromatic N) is 1. The molecule has 1 aliphatic rings. The molecular weight excluding hydrogens is 296 g/mol. The maximum absolute atomic E-state index is 12.3. The maximum Gasteiger partial charge on any atom is 0.410 e. The number of hydrogen-bond donors (Lipinski definition) is 1. The van der Waals surface area contributed by atoms with Crippen molar-refractivity contribution in [1.82, 2.24) is 4.90 Å². The van der Waals surface area contributed by atoms with Gasteiger partial charge in [0, 0.05) is 12.2 Å². The van der Waals surface area contributed by atoms with Gasteiger partial charge in [-0.15, -0.1) is 0 Å². The van der Waals surface area contributed by atoms with Gasteiger partial charge in [-0.1, -0.05) is 24.4 Å². The van der Waals surface area contributed by atoms with Crippen molar-refractivity contribution in [2.45, 2.75) is 52.2 Å². The number of amides is 1. The molecule has 1 unspecified atom stereocenters. The molecule has 1 atom stereocenters. The van der Waals surface area contributed by atoms with Crippen LogP contribution in [0.15, 0.2) is 24.3 Å². The summed E-state index contributed by atoms with van der Waals surface area (Å²) in [5, 5.41) is 3.25. The van der Waals surface area contributed by atoms with Crippen molar-refractivity contribution in [2.75, 3.05) is 11.9 Å². The summed E-state index contributed by atoms with van der Waals surface area (Å²) in [6.45, 7) is 8.35. The molecule has 1 N–H and O–H groups in total. The topological polar surface area (TPSA) is 41.6 Å². The molecule has 1 fully saturated rings. The van der Waals surface area contributed by atoms with Crippen LogP contribution < -0.4 is 5.32 Å². The van der Waals surface area contributed by atoms with E-state index in [4.69, 9.17) is 17.0 Å². The summed E-state index contributed by atoms with van der Waals surface area (Å²) in [6, 6.07) is 7.95. The van der Waals surface area contributed by atoms with E-state index in [0.717, 1.165) is 18.5 Å². The van der Waals surface area contributed by atoms with Crippen LogP contribution in [0.4, 0.5) is 10.5 Å². The van der Waals surface area contributed by atoms with Gasteiger partial charge in [0.05, 0.1) is 6.04 Å². The highest BCUT2D eigenvalue weighted by molar-refractivity contribution is 7.80. The lowest BCUT2D eigenvalue weighted by molar-refractivity contribution is 0.0267. The van der Waals surface area contributed by atoms with Crippen LogP contribution in [-0.4, -0.2) is 34.2 Å². The van der Waals surface area contributed by atoms with Crippen molar-refractivity contribution in [3.63, 3.8) is 0 Å². The molecule has 1 heterocycles. The Hall–Kier alpha value is -1.62. The molecular formula is C17H24N2O2S. The molecule has 1 amide bonds. The van der Waals surface area contributed by atoms with E-state index < -0.39 is 5.60 Å². The molecule has 1 aliphatic heterocycles. The Morgan fingerprint density at radius 2 is 2.14 bits per heavy atom. The second-order valence-corrected chi connectivity index (χ2v) is 7.13. The van der Waals surface area contributed by atoms with E-state index in [1.54, 1.807) is 4.90 Å². The number of benzene rings is 1. The van der Waals surface area contributed by atoms with Crippen molar-refractivity contribution in [3.05, 3.63) is 29.8 Å². The Kier molecular flexibility index (Phi) is 5.06. The van der Waals surface area contributed by atoms with Gasteiger partial charge in [-0.25, -0.2) is 4.79 Å². The van der Waals surface area contributed by atoms with Crippen molar-refractivity contribution < 1.29 is 9.53 Å². The highest BCUT2D eigenvalue weighted by Gasteiger charge is 2.34. The van der Waals surface area contributed by atoms with Crippen molar-refractivity contribution >= 4 is 29.0 Å². The average molecular weight is 320 g/mol. The predicted molar refractivity (Wildman–Crippen MR) is 93.4 cm³/mol. The van der Waals surface area contributed by atoms with Crippen molar-refractivity contribution in [1.29, 1.82) is 0 Å². The second kappa shape index (κ2) is 6.65. The van der Waals surface area contributed by atoms with Crippen LogP contribution in [0.3, 0.4) is 0 Å². The number of likely N-dealkylation sites (tertiary alicyclic amines) is 1. The standard InChI is InChI=1S/C17H24N2O2S/c1-12-7-5-8-13(11-12)18-15(22)14-9-6-10-19(14)16(20)21-17(2,3)4/h5,7-8,11,14H,6,9-10H2,1-4H3,(H,18,22). The summed E-state index contributed by atoms with van der Waals surface area (Å²) in [5.74, 6) is 0. The molecule has 5 heteroatoms. The van der Waals surface area contributed by atoms with Crippen LogP contribution in [0.2, 0.25) is 0 Å². The van der Waals surface area contributed by atoms with Gasteiger partial charge in [-0.3, -0.25) is 4.90 Å². The maximum atomic E-state index is 12.3. The first-order valence-corrected chi connectivity index (χ1v) is 8.04. The Morgan fingerprint density at radius 1 is 1.41 bits per heavy atom. The van der Waals surface area contributed by atoms with Gasteiger partial charge in [0.15, 0.2) is 0 Å². The largest absolute Gasteiger partial charge is 0.444 e. The Labute approximate surface area is 137 Å². The van der Waals surface area contributed by atoms with Crippen LogP contribution in [0.25, 0.3) is 0 Å². The van der Waals surface area contributed by atoms with E-state index in [0.29, 0.717) is 11.5 Å². The fourth-order valence-electron chi connectivity index (χ4n) is 2.53. The molecule has 0 spiro atoms. The lowest BCUT2D eigenvalue weighted by Gasteiger charge is -2.29. The van der Waals surface area contributed by atoms with E-state index in [2.05, 4.69) is 5.32 Å². The van der Waals surface area contributed by atoms with E-state index in [1.807, 2.05) is 52.0 Å². The molecule has 1 aromatic carbocycles. The minimum atomic E-state index is -0.490. The number of hydrogen-bond acceptors (Lipinski definition) is 3. The third-order valence-corrected chi connectivity index (χ3v) is 3.84. The van der Waals surface area contributed by atoms with Crippen LogP contribution in [-0.2, 0) is 4.74 Å². The molecule has 22 heavy (non-hydrogen) atoms. The fraction of sp³-hybridized carbons (Fsp3) is 0.529. The van der Waals surface area contributed by atoms with Gasteiger partial charge in [0.2, 0.25) is 0 Å². The monoisotopic (exact) mass is 320 g/mol. The smallest absolute Gasteiger partial charge is 0.410 e. The summed E-state index contributed by atoms with van der Waals surface area (Å²) in [5.41, 5.74) is 1.64. The number of carbonyl (C=O) groups is 1. The van der Waals surface area contributed by atoms with Crippen LogP contribution in [0.5, 0.6) is 0 Å². The number of aryl methyl sites for hydroxylation is 1. The minimum absolute atomic E-state index is 0.0923. The third-order valence-electron chi connectivity index (χ3n) is 3.47. The van der Waals surface area contributed by atoms with Gasteiger partial charge in [-0.05, 0) is 58.2 Å². The Morgan fingerprint density at radius 3 is 2.77 bits per heavy atom. The molecule has 0 aliphatic carbocycles. The molecule has 0 bridgehead atoms. The second-order valence-electron chi connectivity index (χ2n) is 6.69. The third kappa shape index (κ3) is 4.44. The zero-order chi connectivity index (χ0) is 16.3. The van der Waals surface area contributed by atoms with Gasteiger partial charge >= 0.3 is 6.09 Å². The zero-order valence-electron chi connectivity index (χ0n) is 13.7. The molecule has 4 nitrogen and oxygen atoms in total. The molecule has 0 aromatic heterocycles. The number of thiocarbonyl (C=S) groups is 1. The Bertz CT molecular complexity index is 566. The zero-order valence-corrected chi connectivity index (χ0v) is 14.5. The molecule has 1 aromatic rings. The predicted octanol–water partition coefficient (Wildman–Crippen LogP) is 4.13. The van der Waals surface area contributed by atoms with Gasteiger partial charge in [0.25, 0.3) is 0 Å². The molecule has 120 valence electrons. The normalized spacial score (nSPS) is 18.2. The van der Waals surface area contributed by atoms with Crippen molar-refractivity contribution in [3.8, 4) is 0 Å². The first-order chi connectivity index (χ1) is 10.3. The lowest BCUT2D eigenvalue weighted by atomic mass is 10.2. The highest BCUT2D eigenvalue weighted by atomic mass is 32.1. The average Bonchev–Trinajstić information content (AvgIpc) is 2.85. The van der Waals surface area contributed by atoms with E-state index in [9.17, 15) is 4.79 Å². The number of nitrogens with one attached hydrogen (secondary N) is 1. The van der Waals surface area contributed by atoms with Crippen LogP contribution >= 0.6 is 12.2 Å². The molecule has 2 rings (SSSR count). The van der Waals surface area contributed by atoms with E-state index in [1.165, 1.54) is 5.56 Å². The SMILES string of the molecule is Cc1cccc(NC(=S)C2CCCN2C(=O)OC(C)(C)C)c1. The number of ether oxygens (including phenoxy) is 1. The summed E-state index contributed by atoms with van der Waals surface area (Å²) >= 11 is 5.52. The van der Waals surface area contributed by atoms with Crippen LogP contribution in [0.1, 0.15) is 39.2 Å².